The van der Waals surface area contributed by atoms with Crippen LogP contribution < -0.4 is 0 Å². The van der Waals surface area contributed by atoms with Crippen LogP contribution in [0.3, 0.4) is 0 Å². The van der Waals surface area contributed by atoms with E-state index in [-0.39, 0.29) is 6.29 Å². The van der Waals surface area contributed by atoms with E-state index in [0.29, 0.717) is 13.2 Å². The third-order valence-corrected chi connectivity index (χ3v) is 1.86. The fraction of sp³-hybridized carbons (Fsp3) is 0.636. The van der Waals surface area contributed by atoms with Crippen LogP contribution in [0.4, 0.5) is 0 Å². The predicted molar refractivity (Wildman–Crippen MR) is 57.5 cm³/mol. The van der Waals surface area contributed by atoms with Crippen LogP contribution in [0.2, 0.25) is 0 Å². The van der Waals surface area contributed by atoms with Crippen molar-refractivity contribution in [2.45, 2.75) is 34.0 Å². The number of ether oxygens (including phenoxy) is 2. The van der Waals surface area contributed by atoms with Crippen molar-refractivity contribution >= 4 is 0 Å². The Bertz CT molecular complexity index is 289. The SMILES string of the molecule is CCOC(OCC)c1cc(C)nc(C)n1. The molecule has 0 spiro atoms. The van der Waals surface area contributed by atoms with E-state index in [1.54, 1.807) is 0 Å². The molecule has 0 aliphatic carbocycles. The molecule has 0 bridgehead atoms. The Hall–Kier alpha value is -1.00. The van der Waals surface area contributed by atoms with Gasteiger partial charge in [0.15, 0.2) is 0 Å². The molecule has 0 N–H and O–H groups in total. The van der Waals surface area contributed by atoms with E-state index < -0.39 is 0 Å². The molecule has 84 valence electrons. The largest absolute Gasteiger partial charge is 0.347 e. The molecule has 0 aliphatic heterocycles. The Kier molecular flexibility index (Phi) is 4.65. The smallest absolute Gasteiger partial charge is 0.201 e. The Labute approximate surface area is 90.7 Å². The van der Waals surface area contributed by atoms with Crippen LogP contribution in [0.15, 0.2) is 6.07 Å². The van der Waals surface area contributed by atoms with Crippen molar-refractivity contribution in [2.75, 3.05) is 13.2 Å². The zero-order chi connectivity index (χ0) is 11.3. The molecule has 0 aromatic carbocycles. The highest BCUT2D eigenvalue weighted by Crippen LogP contribution is 2.17. The lowest BCUT2D eigenvalue weighted by Gasteiger charge is -2.16. The monoisotopic (exact) mass is 210 g/mol. The lowest BCUT2D eigenvalue weighted by Crippen LogP contribution is -2.12. The van der Waals surface area contributed by atoms with Crippen LogP contribution in [0.25, 0.3) is 0 Å². The molecule has 0 amide bonds. The molecule has 4 nitrogen and oxygen atoms in total. The summed E-state index contributed by atoms with van der Waals surface area (Å²) in [5.74, 6) is 0.745. The van der Waals surface area contributed by atoms with Gasteiger partial charge in [-0.05, 0) is 33.8 Å². The van der Waals surface area contributed by atoms with Crippen molar-refractivity contribution in [2.24, 2.45) is 0 Å². The second-order valence-electron chi connectivity index (χ2n) is 3.22. The van der Waals surface area contributed by atoms with Crippen LogP contribution in [0.5, 0.6) is 0 Å². The average molecular weight is 210 g/mol. The normalized spacial score (nSPS) is 11.0. The van der Waals surface area contributed by atoms with Crippen molar-refractivity contribution in [1.82, 2.24) is 9.97 Å². The third-order valence-electron chi connectivity index (χ3n) is 1.86. The summed E-state index contributed by atoms with van der Waals surface area (Å²) in [6.45, 7) is 8.89. The first-order valence-corrected chi connectivity index (χ1v) is 5.22. The highest BCUT2D eigenvalue weighted by atomic mass is 16.7. The fourth-order valence-electron chi connectivity index (χ4n) is 1.39. The third kappa shape index (κ3) is 3.57. The van der Waals surface area contributed by atoms with Gasteiger partial charge in [0.2, 0.25) is 6.29 Å². The van der Waals surface area contributed by atoms with Crippen LogP contribution >= 0.6 is 0 Å². The minimum Gasteiger partial charge on any atom is -0.347 e. The van der Waals surface area contributed by atoms with E-state index >= 15 is 0 Å². The van der Waals surface area contributed by atoms with Gasteiger partial charge in [0, 0.05) is 18.9 Å². The van der Waals surface area contributed by atoms with Crippen molar-refractivity contribution in [3.63, 3.8) is 0 Å². The summed E-state index contributed by atoms with van der Waals surface area (Å²) in [5.41, 5.74) is 1.73. The molecule has 1 aromatic rings. The average Bonchev–Trinajstić information content (AvgIpc) is 2.16. The van der Waals surface area contributed by atoms with Crippen LogP contribution in [-0.4, -0.2) is 23.2 Å². The molecule has 0 unspecified atom stereocenters. The van der Waals surface area contributed by atoms with Crippen molar-refractivity contribution in [3.05, 3.63) is 23.3 Å². The van der Waals surface area contributed by atoms with Crippen LogP contribution in [0.1, 0.15) is 37.3 Å². The van der Waals surface area contributed by atoms with Crippen molar-refractivity contribution in [1.29, 1.82) is 0 Å². The van der Waals surface area contributed by atoms with E-state index in [4.69, 9.17) is 9.47 Å². The van der Waals surface area contributed by atoms with Gasteiger partial charge in [0.05, 0.1) is 0 Å². The number of aromatic nitrogens is 2. The van der Waals surface area contributed by atoms with E-state index in [0.717, 1.165) is 17.2 Å². The van der Waals surface area contributed by atoms with E-state index in [9.17, 15) is 0 Å². The predicted octanol–water partition coefficient (Wildman–Crippen LogP) is 2.17. The van der Waals surface area contributed by atoms with Gasteiger partial charge in [0.1, 0.15) is 11.5 Å². The molecule has 0 aliphatic rings. The lowest BCUT2D eigenvalue weighted by atomic mass is 10.3. The molecule has 0 radical (unpaired) electrons. The molecule has 0 saturated heterocycles. The Morgan fingerprint density at radius 3 is 2.20 bits per heavy atom. The topological polar surface area (TPSA) is 44.2 Å². The first-order chi connectivity index (χ1) is 7.17. The summed E-state index contributed by atoms with van der Waals surface area (Å²) in [4.78, 5) is 8.53. The molecule has 0 atom stereocenters. The summed E-state index contributed by atoms with van der Waals surface area (Å²) in [6, 6.07) is 1.89. The van der Waals surface area contributed by atoms with Crippen LogP contribution in [-0.2, 0) is 9.47 Å². The quantitative estimate of drug-likeness (QED) is 0.699. The summed E-state index contributed by atoms with van der Waals surface area (Å²) in [5, 5.41) is 0. The molecule has 0 saturated carbocycles. The number of aryl methyl sites for hydroxylation is 2. The van der Waals surface area contributed by atoms with E-state index in [1.165, 1.54) is 0 Å². The minimum absolute atomic E-state index is 0.375. The van der Waals surface area contributed by atoms with Gasteiger partial charge in [-0.1, -0.05) is 0 Å². The molecular weight excluding hydrogens is 192 g/mol. The summed E-state index contributed by atoms with van der Waals surface area (Å²) in [7, 11) is 0. The van der Waals surface area contributed by atoms with Gasteiger partial charge < -0.3 is 9.47 Å². The zero-order valence-electron chi connectivity index (χ0n) is 9.78. The Balaban J connectivity index is 2.88. The second kappa shape index (κ2) is 5.78. The first kappa shape index (κ1) is 12.1. The highest BCUT2D eigenvalue weighted by Gasteiger charge is 2.13. The highest BCUT2D eigenvalue weighted by molar-refractivity contribution is 5.10. The Morgan fingerprint density at radius 1 is 1.13 bits per heavy atom. The summed E-state index contributed by atoms with van der Waals surface area (Å²) in [6.07, 6.45) is -0.375. The fourth-order valence-corrected chi connectivity index (χ4v) is 1.39. The van der Waals surface area contributed by atoms with Gasteiger partial charge in [-0.15, -0.1) is 0 Å². The zero-order valence-corrected chi connectivity index (χ0v) is 9.78. The van der Waals surface area contributed by atoms with Gasteiger partial charge in [-0.2, -0.15) is 0 Å². The number of nitrogens with zero attached hydrogens (tertiary/aromatic N) is 2. The number of rotatable bonds is 5. The van der Waals surface area contributed by atoms with Gasteiger partial charge >= 0.3 is 0 Å². The lowest BCUT2D eigenvalue weighted by molar-refractivity contribution is -0.142. The van der Waals surface area contributed by atoms with Gasteiger partial charge in [-0.25, -0.2) is 9.97 Å². The standard InChI is InChI=1S/C11H18N2O2/c1-5-14-11(15-6-2)10-7-8(3)12-9(4)13-10/h7,11H,5-6H2,1-4H3. The molecule has 0 fully saturated rings. The Morgan fingerprint density at radius 2 is 1.73 bits per heavy atom. The summed E-state index contributed by atoms with van der Waals surface area (Å²) >= 11 is 0. The number of hydrogen-bond acceptors (Lipinski definition) is 4. The molecular formula is C11H18N2O2. The molecule has 15 heavy (non-hydrogen) atoms. The number of hydrogen-bond donors (Lipinski definition) is 0. The molecule has 1 aromatic heterocycles. The first-order valence-electron chi connectivity index (χ1n) is 5.22. The van der Waals surface area contributed by atoms with Gasteiger partial charge in [0.25, 0.3) is 0 Å². The molecule has 1 rings (SSSR count). The van der Waals surface area contributed by atoms with Gasteiger partial charge in [-0.3, -0.25) is 0 Å². The van der Waals surface area contributed by atoms with E-state index in [2.05, 4.69) is 9.97 Å². The minimum atomic E-state index is -0.375. The van der Waals surface area contributed by atoms with Crippen molar-refractivity contribution in [3.8, 4) is 0 Å². The maximum atomic E-state index is 5.47. The second-order valence-corrected chi connectivity index (χ2v) is 3.22. The summed E-state index contributed by atoms with van der Waals surface area (Å²) < 4.78 is 10.9. The van der Waals surface area contributed by atoms with E-state index in [1.807, 2.05) is 33.8 Å². The van der Waals surface area contributed by atoms with Crippen molar-refractivity contribution < 1.29 is 9.47 Å². The van der Waals surface area contributed by atoms with Crippen LogP contribution in [0, 0.1) is 13.8 Å². The maximum absolute atomic E-state index is 5.47. The molecule has 1 heterocycles. The molecule has 4 heteroatoms. The maximum Gasteiger partial charge on any atom is 0.201 e.